The van der Waals surface area contributed by atoms with E-state index >= 15 is 0 Å². The first-order chi connectivity index (χ1) is 8.56. The second-order valence-electron chi connectivity index (χ2n) is 4.89. The second-order valence-corrected chi connectivity index (χ2v) is 4.89. The highest BCUT2D eigenvalue weighted by atomic mass is 16.5. The van der Waals surface area contributed by atoms with Crippen molar-refractivity contribution in [1.29, 1.82) is 0 Å². The molecule has 0 rings (SSSR count). The highest BCUT2D eigenvalue weighted by molar-refractivity contribution is 5.75. The number of aliphatic hydroxyl groups is 1. The van der Waals surface area contributed by atoms with E-state index in [0.29, 0.717) is 38.6 Å². The van der Waals surface area contributed by atoms with Crippen molar-refractivity contribution in [3.8, 4) is 0 Å². The van der Waals surface area contributed by atoms with Crippen molar-refractivity contribution in [2.45, 2.75) is 39.7 Å². The molecule has 0 aromatic heterocycles. The van der Waals surface area contributed by atoms with Crippen LogP contribution < -0.4 is 10.6 Å². The molecule has 3 N–H and O–H groups in total. The molecule has 0 aliphatic rings. The van der Waals surface area contributed by atoms with Crippen molar-refractivity contribution in [2.75, 3.05) is 32.8 Å². The average Bonchev–Trinajstić information content (AvgIpc) is 2.31. The largest absolute Gasteiger partial charge is 0.389 e. The Hall–Kier alpha value is -0.650. The smallest absolute Gasteiger partial charge is 0.221 e. The molecule has 5 nitrogen and oxygen atoms in total. The summed E-state index contributed by atoms with van der Waals surface area (Å²) in [6, 6.07) is 0. The predicted molar refractivity (Wildman–Crippen MR) is 72.5 cm³/mol. The number of carbonyl (C=O) groups excluding carboxylic acids is 1. The lowest BCUT2D eigenvalue weighted by molar-refractivity contribution is -0.121. The maximum absolute atomic E-state index is 11.3. The van der Waals surface area contributed by atoms with Crippen LogP contribution in [0.4, 0.5) is 0 Å². The van der Waals surface area contributed by atoms with Gasteiger partial charge in [-0.05, 0) is 12.3 Å². The van der Waals surface area contributed by atoms with Gasteiger partial charge in [-0.2, -0.15) is 0 Å². The van der Waals surface area contributed by atoms with Gasteiger partial charge in [0.05, 0.1) is 12.7 Å². The third-order valence-electron chi connectivity index (χ3n) is 2.24. The van der Waals surface area contributed by atoms with E-state index in [1.54, 1.807) is 0 Å². The fourth-order valence-corrected chi connectivity index (χ4v) is 1.32. The van der Waals surface area contributed by atoms with Crippen molar-refractivity contribution < 1.29 is 14.6 Å². The number of rotatable bonds is 11. The Morgan fingerprint density at radius 1 is 1.28 bits per heavy atom. The molecular weight excluding hydrogens is 232 g/mol. The highest BCUT2D eigenvalue weighted by Crippen LogP contribution is 1.93. The zero-order valence-electron chi connectivity index (χ0n) is 11.9. The van der Waals surface area contributed by atoms with Gasteiger partial charge in [-0.15, -0.1) is 0 Å². The van der Waals surface area contributed by atoms with Crippen LogP contribution in [0.15, 0.2) is 0 Å². The number of carbonyl (C=O) groups is 1. The van der Waals surface area contributed by atoms with Gasteiger partial charge >= 0.3 is 0 Å². The maximum Gasteiger partial charge on any atom is 0.221 e. The van der Waals surface area contributed by atoms with Crippen LogP contribution >= 0.6 is 0 Å². The average molecular weight is 260 g/mol. The molecule has 5 heteroatoms. The molecule has 1 atom stereocenters. The first-order valence-electron chi connectivity index (χ1n) is 6.79. The molecule has 0 aliphatic carbocycles. The van der Waals surface area contributed by atoms with Crippen LogP contribution in [-0.4, -0.2) is 50.0 Å². The van der Waals surface area contributed by atoms with E-state index in [9.17, 15) is 9.90 Å². The van der Waals surface area contributed by atoms with Gasteiger partial charge in [-0.1, -0.05) is 20.8 Å². The summed E-state index contributed by atoms with van der Waals surface area (Å²) in [4.78, 5) is 11.3. The number of hydrogen-bond donors (Lipinski definition) is 3. The minimum atomic E-state index is -0.512. The van der Waals surface area contributed by atoms with Crippen molar-refractivity contribution >= 4 is 5.91 Å². The first kappa shape index (κ1) is 17.4. The molecule has 0 aromatic carbocycles. The Bertz CT molecular complexity index is 210. The third-order valence-corrected chi connectivity index (χ3v) is 2.24. The minimum Gasteiger partial charge on any atom is -0.389 e. The molecule has 0 saturated heterocycles. The molecule has 0 heterocycles. The number of hydrogen-bond acceptors (Lipinski definition) is 4. The van der Waals surface area contributed by atoms with Crippen LogP contribution in [0, 0.1) is 5.92 Å². The Morgan fingerprint density at radius 2 is 2.00 bits per heavy atom. The highest BCUT2D eigenvalue weighted by Gasteiger charge is 2.05. The van der Waals surface area contributed by atoms with Crippen LogP contribution in [0.2, 0.25) is 0 Å². The summed E-state index contributed by atoms with van der Waals surface area (Å²) in [6.07, 6.45) is 0.882. The van der Waals surface area contributed by atoms with E-state index < -0.39 is 6.10 Å². The summed E-state index contributed by atoms with van der Waals surface area (Å²) >= 11 is 0. The zero-order valence-corrected chi connectivity index (χ0v) is 11.9. The quantitative estimate of drug-likeness (QED) is 0.474. The third kappa shape index (κ3) is 11.8. The molecule has 0 aromatic rings. The lowest BCUT2D eigenvalue weighted by atomic mass is 10.2. The number of aliphatic hydroxyl groups excluding tert-OH is 1. The summed E-state index contributed by atoms with van der Waals surface area (Å²) < 4.78 is 5.32. The van der Waals surface area contributed by atoms with Gasteiger partial charge in [-0.25, -0.2) is 0 Å². The first-order valence-corrected chi connectivity index (χ1v) is 6.79. The van der Waals surface area contributed by atoms with Gasteiger partial charge in [0, 0.05) is 32.7 Å². The summed E-state index contributed by atoms with van der Waals surface area (Å²) in [5.41, 5.74) is 0. The summed E-state index contributed by atoms with van der Waals surface area (Å²) in [6.45, 7) is 8.93. The normalized spacial score (nSPS) is 12.7. The van der Waals surface area contributed by atoms with Crippen LogP contribution in [0.5, 0.6) is 0 Å². The zero-order chi connectivity index (χ0) is 13.8. The topological polar surface area (TPSA) is 70.6 Å². The Morgan fingerprint density at radius 3 is 2.61 bits per heavy atom. The van der Waals surface area contributed by atoms with Gasteiger partial charge in [0.1, 0.15) is 0 Å². The van der Waals surface area contributed by atoms with Crippen molar-refractivity contribution in [3.63, 3.8) is 0 Å². The van der Waals surface area contributed by atoms with E-state index in [1.165, 1.54) is 0 Å². The molecule has 0 bridgehead atoms. The molecule has 1 amide bonds. The van der Waals surface area contributed by atoms with Gasteiger partial charge < -0.3 is 20.5 Å². The van der Waals surface area contributed by atoms with Crippen molar-refractivity contribution in [2.24, 2.45) is 5.92 Å². The van der Waals surface area contributed by atoms with Gasteiger partial charge in [0.2, 0.25) is 5.91 Å². The number of amides is 1. The Balaban J connectivity index is 3.34. The van der Waals surface area contributed by atoms with Crippen molar-refractivity contribution in [3.05, 3.63) is 0 Å². The molecule has 18 heavy (non-hydrogen) atoms. The monoisotopic (exact) mass is 260 g/mol. The Kier molecular flexibility index (Phi) is 11.0. The number of nitrogens with one attached hydrogen (secondary N) is 2. The number of ether oxygens (including phenoxy) is 1. The fourth-order valence-electron chi connectivity index (χ4n) is 1.32. The molecule has 0 radical (unpaired) electrons. The predicted octanol–water partition coefficient (Wildman–Crippen LogP) is 0.526. The summed E-state index contributed by atoms with van der Waals surface area (Å²) in [7, 11) is 0. The van der Waals surface area contributed by atoms with E-state index in [-0.39, 0.29) is 5.91 Å². The second kappa shape index (κ2) is 11.4. The molecule has 0 spiro atoms. The molecule has 108 valence electrons. The Labute approximate surface area is 110 Å². The van der Waals surface area contributed by atoms with E-state index in [0.717, 1.165) is 13.0 Å². The lowest BCUT2D eigenvalue weighted by Crippen LogP contribution is -2.34. The lowest BCUT2D eigenvalue weighted by Gasteiger charge is -2.13. The molecule has 0 aliphatic heterocycles. The minimum absolute atomic E-state index is 0.0508. The van der Waals surface area contributed by atoms with E-state index in [2.05, 4.69) is 24.5 Å². The maximum atomic E-state index is 11.3. The van der Waals surface area contributed by atoms with Crippen molar-refractivity contribution in [1.82, 2.24) is 10.6 Å². The van der Waals surface area contributed by atoms with Gasteiger partial charge in [0.15, 0.2) is 0 Å². The van der Waals surface area contributed by atoms with Crippen LogP contribution in [0.3, 0.4) is 0 Å². The SMILES string of the molecule is CCCNC(=O)CCNCC(O)COCC(C)C. The van der Waals surface area contributed by atoms with Gasteiger partial charge in [-0.3, -0.25) is 4.79 Å². The molecule has 1 unspecified atom stereocenters. The van der Waals surface area contributed by atoms with Crippen LogP contribution in [0.25, 0.3) is 0 Å². The van der Waals surface area contributed by atoms with Crippen LogP contribution in [0.1, 0.15) is 33.6 Å². The van der Waals surface area contributed by atoms with E-state index in [1.807, 2.05) is 6.92 Å². The summed E-state index contributed by atoms with van der Waals surface area (Å²) in [5.74, 6) is 0.530. The molecular formula is C13H28N2O3. The molecule has 0 fully saturated rings. The molecule has 0 saturated carbocycles. The fraction of sp³-hybridized carbons (Fsp3) is 0.923. The van der Waals surface area contributed by atoms with E-state index in [4.69, 9.17) is 4.74 Å². The summed E-state index contributed by atoms with van der Waals surface area (Å²) in [5, 5.41) is 15.4. The van der Waals surface area contributed by atoms with Gasteiger partial charge in [0.25, 0.3) is 0 Å². The van der Waals surface area contributed by atoms with Crippen LogP contribution in [-0.2, 0) is 9.53 Å². The standard InChI is InChI=1S/C13H28N2O3/c1-4-6-15-13(17)5-7-14-8-12(16)10-18-9-11(2)3/h11-12,14,16H,4-10H2,1-3H3,(H,15,17).